The normalized spacial score (nSPS) is 11.2. The summed E-state index contributed by atoms with van der Waals surface area (Å²) in [5, 5.41) is 0. The molecule has 0 aliphatic carbocycles. The minimum Gasteiger partial charge on any atom is -0.495 e. The van der Waals surface area contributed by atoms with E-state index in [4.69, 9.17) is 10.5 Å². The Balaban J connectivity index is 2.39. The van der Waals surface area contributed by atoms with Crippen LogP contribution in [-0.4, -0.2) is 25.5 Å². The number of anilines is 2. The lowest BCUT2D eigenvalue weighted by Crippen LogP contribution is -2.14. The molecule has 21 heavy (non-hydrogen) atoms. The first kappa shape index (κ1) is 16.0. The van der Waals surface area contributed by atoms with Crippen molar-refractivity contribution >= 4 is 53.5 Å². The number of sulfonamides is 1. The first-order valence-corrected chi connectivity index (χ1v) is 8.54. The van der Waals surface area contributed by atoms with Gasteiger partial charge in [0.2, 0.25) is 5.95 Å². The predicted molar refractivity (Wildman–Crippen MR) is 85.6 cm³/mol. The van der Waals surface area contributed by atoms with Gasteiger partial charge in [-0.05, 0) is 37.9 Å². The third-order valence-corrected chi connectivity index (χ3v) is 5.04. The molecule has 1 aromatic carbocycles. The molecule has 3 N–H and O–H groups in total. The third-order valence-electron chi connectivity index (χ3n) is 2.44. The Morgan fingerprint density at radius 1 is 1.19 bits per heavy atom. The number of methoxy groups -OCH3 is 1. The molecule has 7 nitrogen and oxygen atoms in total. The van der Waals surface area contributed by atoms with Crippen LogP contribution in [0.4, 0.5) is 11.6 Å². The molecular weight excluding hydrogens is 428 g/mol. The summed E-state index contributed by atoms with van der Waals surface area (Å²) in [5.41, 5.74) is 5.66. The van der Waals surface area contributed by atoms with E-state index in [1.807, 2.05) is 0 Å². The molecule has 10 heteroatoms. The Morgan fingerprint density at radius 3 is 2.38 bits per heavy atom. The first-order valence-electron chi connectivity index (χ1n) is 5.47. The van der Waals surface area contributed by atoms with E-state index in [1.54, 1.807) is 12.1 Å². The monoisotopic (exact) mass is 436 g/mol. The zero-order valence-corrected chi connectivity index (χ0v) is 14.7. The van der Waals surface area contributed by atoms with Crippen LogP contribution >= 0.6 is 31.9 Å². The highest BCUT2D eigenvalue weighted by atomic mass is 79.9. The van der Waals surface area contributed by atoms with Crippen molar-refractivity contribution in [3.05, 3.63) is 33.5 Å². The molecule has 0 aliphatic heterocycles. The molecule has 0 bridgehead atoms. The second kappa shape index (κ2) is 6.16. The average Bonchev–Trinajstić information content (AvgIpc) is 2.42. The molecule has 1 aromatic heterocycles. The lowest BCUT2D eigenvalue weighted by atomic mass is 10.3. The largest absolute Gasteiger partial charge is 0.495 e. The molecule has 2 aromatic rings. The predicted octanol–water partition coefficient (Wildman–Crippen LogP) is 2.39. The highest BCUT2D eigenvalue weighted by molar-refractivity contribution is 9.11. The van der Waals surface area contributed by atoms with Crippen molar-refractivity contribution in [3.63, 3.8) is 0 Å². The molecule has 0 atom stereocenters. The van der Waals surface area contributed by atoms with Crippen LogP contribution in [0.3, 0.4) is 0 Å². The standard InChI is InChI=1S/C11H10Br2N4O3S/c1-20-10-3-9(7(12)2-8(10)13)17-21(18,19)6-4-15-11(14)16-5-6/h2-5,17H,1H3,(H2,14,15,16). The maximum absolute atomic E-state index is 12.2. The molecule has 0 aliphatic rings. The Hall–Kier alpha value is -1.39. The number of halogens is 2. The van der Waals surface area contributed by atoms with Crippen molar-refractivity contribution in [2.45, 2.75) is 4.90 Å². The number of ether oxygens (including phenoxy) is 1. The van der Waals surface area contributed by atoms with Gasteiger partial charge in [-0.15, -0.1) is 0 Å². The topological polar surface area (TPSA) is 107 Å². The van der Waals surface area contributed by atoms with Crippen LogP contribution in [0.15, 0.2) is 38.4 Å². The zero-order valence-electron chi connectivity index (χ0n) is 10.7. The van der Waals surface area contributed by atoms with Gasteiger partial charge in [-0.25, -0.2) is 18.4 Å². The van der Waals surface area contributed by atoms with Crippen molar-refractivity contribution < 1.29 is 13.2 Å². The van der Waals surface area contributed by atoms with E-state index >= 15 is 0 Å². The van der Waals surface area contributed by atoms with E-state index in [0.29, 0.717) is 20.4 Å². The Morgan fingerprint density at radius 2 is 1.81 bits per heavy atom. The van der Waals surface area contributed by atoms with Gasteiger partial charge in [0.05, 0.1) is 29.7 Å². The number of benzene rings is 1. The molecule has 0 unspecified atom stereocenters. The molecule has 112 valence electrons. The fraction of sp³-hybridized carbons (Fsp3) is 0.0909. The second-order valence-electron chi connectivity index (χ2n) is 3.85. The van der Waals surface area contributed by atoms with Crippen molar-refractivity contribution in [1.82, 2.24) is 9.97 Å². The maximum atomic E-state index is 12.2. The van der Waals surface area contributed by atoms with Gasteiger partial charge in [-0.3, -0.25) is 4.72 Å². The van der Waals surface area contributed by atoms with Crippen LogP contribution < -0.4 is 15.2 Å². The number of rotatable bonds is 4. The van der Waals surface area contributed by atoms with Gasteiger partial charge in [-0.2, -0.15) is 0 Å². The number of nitrogens with zero attached hydrogens (tertiary/aromatic N) is 2. The van der Waals surface area contributed by atoms with Crippen LogP contribution in [0.25, 0.3) is 0 Å². The van der Waals surface area contributed by atoms with Gasteiger partial charge in [0.15, 0.2) is 0 Å². The van der Waals surface area contributed by atoms with Gasteiger partial charge in [0, 0.05) is 10.5 Å². The van der Waals surface area contributed by atoms with Crippen molar-refractivity contribution in [3.8, 4) is 5.75 Å². The summed E-state index contributed by atoms with van der Waals surface area (Å²) in [6.07, 6.45) is 2.27. The second-order valence-corrected chi connectivity index (χ2v) is 7.24. The average molecular weight is 438 g/mol. The van der Waals surface area contributed by atoms with Gasteiger partial charge in [0.1, 0.15) is 10.6 Å². The van der Waals surface area contributed by atoms with Gasteiger partial charge in [-0.1, -0.05) is 0 Å². The molecular formula is C11H10Br2N4O3S. The summed E-state index contributed by atoms with van der Waals surface area (Å²) in [7, 11) is -2.34. The van der Waals surface area contributed by atoms with Crippen LogP contribution in [-0.2, 0) is 10.0 Å². The minimum atomic E-state index is -3.82. The van der Waals surface area contributed by atoms with Crippen LogP contribution in [0, 0.1) is 0 Å². The zero-order chi connectivity index (χ0) is 15.6. The lowest BCUT2D eigenvalue weighted by Gasteiger charge is -2.12. The molecule has 0 fully saturated rings. The summed E-state index contributed by atoms with van der Waals surface area (Å²) in [6.45, 7) is 0. The van der Waals surface area contributed by atoms with Gasteiger partial charge < -0.3 is 10.5 Å². The fourth-order valence-electron chi connectivity index (χ4n) is 1.43. The summed E-state index contributed by atoms with van der Waals surface area (Å²) in [6, 6.07) is 3.22. The van der Waals surface area contributed by atoms with E-state index in [0.717, 1.165) is 12.4 Å². The maximum Gasteiger partial charge on any atom is 0.265 e. The van der Waals surface area contributed by atoms with E-state index < -0.39 is 10.0 Å². The lowest BCUT2D eigenvalue weighted by molar-refractivity contribution is 0.412. The van der Waals surface area contributed by atoms with Crippen LogP contribution in [0.5, 0.6) is 5.75 Å². The molecule has 1 heterocycles. The Labute approximate surface area is 138 Å². The fourth-order valence-corrected chi connectivity index (χ4v) is 3.78. The Kier molecular flexibility index (Phi) is 4.69. The van der Waals surface area contributed by atoms with E-state index in [1.165, 1.54) is 7.11 Å². The smallest absolute Gasteiger partial charge is 0.265 e. The van der Waals surface area contributed by atoms with Gasteiger partial charge in [0.25, 0.3) is 10.0 Å². The Bertz CT molecular complexity index is 766. The van der Waals surface area contributed by atoms with E-state index in [-0.39, 0.29) is 10.8 Å². The van der Waals surface area contributed by atoms with E-state index in [2.05, 4.69) is 46.5 Å². The quantitative estimate of drug-likeness (QED) is 0.760. The molecule has 0 radical (unpaired) electrons. The van der Waals surface area contributed by atoms with Crippen molar-refractivity contribution in [2.75, 3.05) is 17.6 Å². The number of nitrogens with one attached hydrogen (secondary N) is 1. The van der Waals surface area contributed by atoms with Gasteiger partial charge >= 0.3 is 0 Å². The molecule has 0 amide bonds. The minimum absolute atomic E-state index is 0.000409. The summed E-state index contributed by atoms with van der Waals surface area (Å²) in [4.78, 5) is 7.23. The summed E-state index contributed by atoms with van der Waals surface area (Å²) in [5.74, 6) is 0.491. The molecule has 0 saturated carbocycles. The number of hydrogen-bond acceptors (Lipinski definition) is 6. The highest BCUT2D eigenvalue weighted by Crippen LogP contribution is 2.35. The van der Waals surface area contributed by atoms with Crippen molar-refractivity contribution in [1.29, 1.82) is 0 Å². The number of hydrogen-bond donors (Lipinski definition) is 2. The van der Waals surface area contributed by atoms with Crippen LogP contribution in [0.2, 0.25) is 0 Å². The molecule has 2 rings (SSSR count). The first-order chi connectivity index (χ1) is 9.83. The number of nitrogen functional groups attached to an aromatic ring is 1. The third kappa shape index (κ3) is 3.63. The number of nitrogens with two attached hydrogens (primary N) is 1. The SMILES string of the molecule is COc1cc(NS(=O)(=O)c2cnc(N)nc2)c(Br)cc1Br. The van der Waals surface area contributed by atoms with Crippen molar-refractivity contribution in [2.24, 2.45) is 0 Å². The summed E-state index contributed by atoms with van der Waals surface area (Å²) >= 11 is 6.59. The molecule has 0 spiro atoms. The molecule has 0 saturated heterocycles. The van der Waals surface area contributed by atoms with Crippen LogP contribution in [0.1, 0.15) is 0 Å². The summed E-state index contributed by atoms with van der Waals surface area (Å²) < 4.78 is 33.3. The highest BCUT2D eigenvalue weighted by Gasteiger charge is 2.18. The number of aromatic nitrogens is 2. The van der Waals surface area contributed by atoms with E-state index in [9.17, 15) is 8.42 Å².